The number of carbonyl (C=O) groups is 3. The standard InChI is InChI=1S/C25H28N2O6/c1-14-11-21(15(2)33-14)26-24(30)22(12-23(28)29)27-25(31)32-13-20-18-9-5-3-7-16(18)17-8-4-6-10-19(17)20/h3-10,14-15,20-22H,11-13H2,1-2H3,(H,26,30)(H,27,31)(H,28,29). The number of ether oxygens (including phenoxy) is 2. The average Bonchev–Trinajstić information content (AvgIpc) is 3.27. The van der Waals surface area contributed by atoms with E-state index in [1.54, 1.807) is 0 Å². The van der Waals surface area contributed by atoms with Crippen molar-refractivity contribution in [1.82, 2.24) is 10.6 Å². The van der Waals surface area contributed by atoms with Gasteiger partial charge in [-0.1, -0.05) is 48.5 Å². The van der Waals surface area contributed by atoms with E-state index in [2.05, 4.69) is 10.6 Å². The number of alkyl carbamates (subject to hydrolysis) is 1. The van der Waals surface area contributed by atoms with Crippen LogP contribution in [-0.4, -0.2) is 54.0 Å². The van der Waals surface area contributed by atoms with Crippen molar-refractivity contribution < 1.29 is 29.0 Å². The Balaban J connectivity index is 1.40. The molecule has 2 aromatic carbocycles. The maximum atomic E-state index is 12.7. The Hall–Kier alpha value is -3.39. The van der Waals surface area contributed by atoms with Crippen LogP contribution in [0.1, 0.15) is 43.7 Å². The van der Waals surface area contributed by atoms with E-state index in [1.165, 1.54) is 0 Å². The first-order valence-electron chi connectivity index (χ1n) is 11.1. The third-order valence-electron chi connectivity index (χ3n) is 6.26. The van der Waals surface area contributed by atoms with E-state index in [9.17, 15) is 19.5 Å². The number of benzene rings is 2. The molecule has 0 radical (unpaired) electrons. The van der Waals surface area contributed by atoms with E-state index in [0.717, 1.165) is 22.3 Å². The molecule has 1 fully saturated rings. The zero-order chi connectivity index (χ0) is 23.5. The van der Waals surface area contributed by atoms with Crippen LogP contribution in [0.3, 0.4) is 0 Å². The van der Waals surface area contributed by atoms with Gasteiger partial charge in [-0.15, -0.1) is 0 Å². The number of aliphatic carboxylic acids is 1. The van der Waals surface area contributed by atoms with Crippen molar-refractivity contribution in [3.05, 3.63) is 59.7 Å². The molecule has 1 saturated heterocycles. The Bertz CT molecular complexity index is 1010. The van der Waals surface area contributed by atoms with E-state index < -0.39 is 30.4 Å². The molecule has 8 nitrogen and oxygen atoms in total. The highest BCUT2D eigenvalue weighted by molar-refractivity contribution is 5.89. The second-order valence-corrected chi connectivity index (χ2v) is 8.62. The lowest BCUT2D eigenvalue weighted by atomic mass is 9.98. The van der Waals surface area contributed by atoms with Gasteiger partial charge in [0.2, 0.25) is 5.91 Å². The summed E-state index contributed by atoms with van der Waals surface area (Å²) in [6, 6.07) is 14.4. The number of hydrogen-bond acceptors (Lipinski definition) is 5. The molecule has 4 atom stereocenters. The van der Waals surface area contributed by atoms with Gasteiger partial charge in [-0.25, -0.2) is 4.79 Å². The third-order valence-corrected chi connectivity index (χ3v) is 6.26. The highest BCUT2D eigenvalue weighted by Gasteiger charge is 2.34. The molecule has 33 heavy (non-hydrogen) atoms. The molecule has 4 rings (SSSR count). The first-order chi connectivity index (χ1) is 15.8. The molecule has 0 spiro atoms. The third kappa shape index (κ3) is 5.01. The Labute approximate surface area is 192 Å². The monoisotopic (exact) mass is 452 g/mol. The minimum Gasteiger partial charge on any atom is -0.481 e. The summed E-state index contributed by atoms with van der Waals surface area (Å²) < 4.78 is 11.1. The minimum atomic E-state index is -1.25. The van der Waals surface area contributed by atoms with E-state index in [0.29, 0.717) is 6.42 Å². The number of carboxylic acids is 1. The van der Waals surface area contributed by atoms with Gasteiger partial charge >= 0.3 is 12.1 Å². The van der Waals surface area contributed by atoms with Crippen molar-refractivity contribution in [3.63, 3.8) is 0 Å². The fraction of sp³-hybridized carbons (Fsp3) is 0.400. The van der Waals surface area contributed by atoms with Crippen LogP contribution in [0.5, 0.6) is 0 Å². The fourth-order valence-corrected chi connectivity index (χ4v) is 4.69. The molecule has 2 aliphatic rings. The van der Waals surface area contributed by atoms with Crippen LogP contribution in [0.15, 0.2) is 48.5 Å². The fourth-order valence-electron chi connectivity index (χ4n) is 4.69. The largest absolute Gasteiger partial charge is 0.481 e. The molecule has 1 heterocycles. The predicted octanol–water partition coefficient (Wildman–Crippen LogP) is 3.05. The molecule has 0 saturated carbocycles. The lowest BCUT2D eigenvalue weighted by Gasteiger charge is -2.22. The molecule has 0 aromatic heterocycles. The van der Waals surface area contributed by atoms with Gasteiger partial charge in [0.05, 0.1) is 24.7 Å². The highest BCUT2D eigenvalue weighted by Crippen LogP contribution is 2.44. The first-order valence-corrected chi connectivity index (χ1v) is 11.1. The summed E-state index contributed by atoms with van der Waals surface area (Å²) in [5.41, 5.74) is 4.34. The summed E-state index contributed by atoms with van der Waals surface area (Å²) in [6.07, 6.45) is -0.949. The molecule has 1 aliphatic heterocycles. The lowest BCUT2D eigenvalue weighted by Crippen LogP contribution is -2.52. The lowest BCUT2D eigenvalue weighted by molar-refractivity contribution is -0.140. The SMILES string of the molecule is CC1CC(NC(=O)C(CC(=O)O)NC(=O)OCC2c3ccccc3-c3ccccc32)C(C)O1. The molecule has 4 unspecified atom stereocenters. The van der Waals surface area contributed by atoms with Gasteiger partial charge in [-0.2, -0.15) is 0 Å². The molecule has 2 amide bonds. The molecular weight excluding hydrogens is 424 g/mol. The number of amides is 2. The molecular formula is C25H28N2O6. The number of carbonyl (C=O) groups excluding carboxylic acids is 2. The summed E-state index contributed by atoms with van der Waals surface area (Å²) in [4.78, 5) is 36.5. The predicted molar refractivity (Wildman–Crippen MR) is 121 cm³/mol. The highest BCUT2D eigenvalue weighted by atomic mass is 16.5. The van der Waals surface area contributed by atoms with Crippen molar-refractivity contribution in [2.45, 2.75) is 56.9 Å². The second-order valence-electron chi connectivity index (χ2n) is 8.62. The maximum absolute atomic E-state index is 12.7. The van der Waals surface area contributed by atoms with Crippen LogP contribution in [0.25, 0.3) is 11.1 Å². The van der Waals surface area contributed by atoms with Crippen LogP contribution in [0.2, 0.25) is 0 Å². The van der Waals surface area contributed by atoms with Crippen molar-refractivity contribution in [1.29, 1.82) is 0 Å². The smallest absolute Gasteiger partial charge is 0.407 e. The number of nitrogens with one attached hydrogen (secondary N) is 2. The van der Waals surface area contributed by atoms with Crippen molar-refractivity contribution >= 4 is 18.0 Å². The van der Waals surface area contributed by atoms with Gasteiger partial charge in [0.1, 0.15) is 12.6 Å². The summed E-state index contributed by atoms with van der Waals surface area (Å²) in [7, 11) is 0. The van der Waals surface area contributed by atoms with Gasteiger partial charge < -0.3 is 25.2 Å². The Morgan fingerprint density at radius 3 is 2.21 bits per heavy atom. The summed E-state index contributed by atoms with van der Waals surface area (Å²) in [6.45, 7) is 3.83. The van der Waals surface area contributed by atoms with E-state index >= 15 is 0 Å². The van der Waals surface area contributed by atoms with Gasteiger partial charge in [0, 0.05) is 5.92 Å². The van der Waals surface area contributed by atoms with Gasteiger partial charge in [0.25, 0.3) is 0 Å². The molecule has 0 bridgehead atoms. The number of hydrogen-bond donors (Lipinski definition) is 3. The second kappa shape index (κ2) is 9.62. The van der Waals surface area contributed by atoms with Gasteiger partial charge in [-0.3, -0.25) is 9.59 Å². The Kier molecular flexibility index (Phi) is 6.65. The minimum absolute atomic E-state index is 0.00156. The van der Waals surface area contributed by atoms with Crippen LogP contribution < -0.4 is 10.6 Å². The first kappa shape index (κ1) is 22.8. The van der Waals surface area contributed by atoms with Crippen molar-refractivity contribution in [2.75, 3.05) is 6.61 Å². The summed E-state index contributed by atoms with van der Waals surface area (Å²) in [5, 5.41) is 14.4. The molecule has 3 N–H and O–H groups in total. The average molecular weight is 453 g/mol. The zero-order valence-electron chi connectivity index (χ0n) is 18.6. The number of fused-ring (bicyclic) bond motifs is 3. The van der Waals surface area contributed by atoms with E-state index in [1.807, 2.05) is 62.4 Å². The Morgan fingerprint density at radius 1 is 1.06 bits per heavy atom. The number of carboxylic acid groups (broad SMARTS) is 1. The van der Waals surface area contributed by atoms with Gasteiger partial charge in [-0.05, 0) is 42.5 Å². The van der Waals surface area contributed by atoms with Gasteiger partial charge in [0.15, 0.2) is 0 Å². The van der Waals surface area contributed by atoms with E-state index in [4.69, 9.17) is 9.47 Å². The number of rotatable bonds is 7. The normalized spacial score (nSPS) is 22.2. The van der Waals surface area contributed by atoms with Crippen LogP contribution in [-0.2, 0) is 19.1 Å². The zero-order valence-corrected chi connectivity index (χ0v) is 18.6. The quantitative estimate of drug-likeness (QED) is 0.595. The topological polar surface area (TPSA) is 114 Å². The summed E-state index contributed by atoms with van der Waals surface area (Å²) >= 11 is 0. The molecule has 1 aliphatic carbocycles. The van der Waals surface area contributed by atoms with Crippen LogP contribution in [0, 0.1) is 0 Å². The van der Waals surface area contributed by atoms with E-state index in [-0.39, 0.29) is 30.8 Å². The van der Waals surface area contributed by atoms with Crippen LogP contribution >= 0.6 is 0 Å². The van der Waals surface area contributed by atoms with Crippen LogP contribution in [0.4, 0.5) is 4.79 Å². The van der Waals surface area contributed by atoms with Crippen molar-refractivity contribution in [3.8, 4) is 11.1 Å². The molecule has 2 aromatic rings. The molecule has 174 valence electrons. The maximum Gasteiger partial charge on any atom is 0.407 e. The van der Waals surface area contributed by atoms with Crippen molar-refractivity contribution in [2.24, 2.45) is 0 Å². The Morgan fingerprint density at radius 2 is 1.67 bits per heavy atom. The molecule has 8 heteroatoms. The summed E-state index contributed by atoms with van der Waals surface area (Å²) in [5.74, 6) is -1.90.